The van der Waals surface area contributed by atoms with Gasteiger partial charge in [-0.2, -0.15) is 5.26 Å². The zero-order chi connectivity index (χ0) is 14.0. The molecular formula is C14H14BrN3S. The minimum atomic E-state index is -0.262. The Bertz CT molecular complexity index is 628. The molecule has 2 aromatic rings. The SMILES string of the molecule is Cc1cc(-c2cc(Br)cs2)nc(C(C#N)C(C)C)n1. The van der Waals surface area contributed by atoms with E-state index in [1.165, 1.54) is 0 Å². The second-order valence-electron chi connectivity index (χ2n) is 4.73. The molecule has 2 aromatic heterocycles. The Morgan fingerprint density at radius 3 is 2.58 bits per heavy atom. The highest BCUT2D eigenvalue weighted by molar-refractivity contribution is 9.10. The zero-order valence-electron chi connectivity index (χ0n) is 11.0. The molecule has 98 valence electrons. The van der Waals surface area contributed by atoms with Gasteiger partial charge in [0, 0.05) is 15.5 Å². The number of nitriles is 1. The maximum absolute atomic E-state index is 9.27. The maximum atomic E-state index is 9.27. The largest absolute Gasteiger partial charge is 0.237 e. The molecule has 0 saturated heterocycles. The molecule has 1 atom stereocenters. The number of hydrogen-bond acceptors (Lipinski definition) is 4. The van der Waals surface area contributed by atoms with Crippen molar-refractivity contribution in [1.82, 2.24) is 9.97 Å². The van der Waals surface area contributed by atoms with E-state index in [0.717, 1.165) is 20.7 Å². The minimum absolute atomic E-state index is 0.203. The van der Waals surface area contributed by atoms with Crippen molar-refractivity contribution in [1.29, 1.82) is 5.26 Å². The first-order valence-electron chi connectivity index (χ1n) is 6.01. The van der Waals surface area contributed by atoms with E-state index in [1.807, 2.05) is 38.3 Å². The monoisotopic (exact) mass is 335 g/mol. The van der Waals surface area contributed by atoms with Crippen LogP contribution in [-0.4, -0.2) is 9.97 Å². The van der Waals surface area contributed by atoms with Gasteiger partial charge < -0.3 is 0 Å². The lowest BCUT2D eigenvalue weighted by atomic mass is 9.96. The third kappa shape index (κ3) is 3.20. The highest BCUT2D eigenvalue weighted by atomic mass is 79.9. The van der Waals surface area contributed by atoms with Crippen LogP contribution in [0, 0.1) is 24.2 Å². The highest BCUT2D eigenvalue weighted by Gasteiger charge is 2.19. The van der Waals surface area contributed by atoms with Crippen LogP contribution in [0.2, 0.25) is 0 Å². The first-order chi connectivity index (χ1) is 9.01. The van der Waals surface area contributed by atoms with Crippen molar-refractivity contribution in [2.75, 3.05) is 0 Å². The van der Waals surface area contributed by atoms with Crippen LogP contribution in [0.3, 0.4) is 0 Å². The number of nitrogens with zero attached hydrogens (tertiary/aromatic N) is 3. The zero-order valence-corrected chi connectivity index (χ0v) is 13.4. The minimum Gasteiger partial charge on any atom is -0.237 e. The van der Waals surface area contributed by atoms with Gasteiger partial charge in [0.2, 0.25) is 0 Å². The first-order valence-corrected chi connectivity index (χ1v) is 7.68. The van der Waals surface area contributed by atoms with Gasteiger partial charge in [0.1, 0.15) is 11.7 Å². The fraction of sp³-hybridized carbons (Fsp3) is 0.357. The number of rotatable bonds is 3. The number of thiophene rings is 1. The van der Waals surface area contributed by atoms with Gasteiger partial charge >= 0.3 is 0 Å². The molecule has 0 spiro atoms. The summed E-state index contributed by atoms with van der Waals surface area (Å²) in [6.07, 6.45) is 0. The van der Waals surface area contributed by atoms with Gasteiger partial charge in [-0.25, -0.2) is 9.97 Å². The summed E-state index contributed by atoms with van der Waals surface area (Å²) in [5.74, 6) is 0.564. The number of aromatic nitrogens is 2. The highest BCUT2D eigenvalue weighted by Crippen LogP contribution is 2.30. The Balaban J connectivity index is 2.48. The molecule has 0 aliphatic carbocycles. The molecule has 3 nitrogen and oxygen atoms in total. The van der Waals surface area contributed by atoms with Crippen molar-refractivity contribution < 1.29 is 0 Å². The Morgan fingerprint density at radius 1 is 1.32 bits per heavy atom. The van der Waals surface area contributed by atoms with E-state index in [-0.39, 0.29) is 11.8 Å². The Hall–Kier alpha value is -1.25. The second-order valence-corrected chi connectivity index (χ2v) is 6.56. The molecule has 0 aliphatic heterocycles. The maximum Gasteiger partial charge on any atom is 0.146 e. The van der Waals surface area contributed by atoms with Crippen molar-refractivity contribution in [2.24, 2.45) is 5.92 Å². The van der Waals surface area contributed by atoms with Crippen molar-refractivity contribution >= 4 is 27.3 Å². The van der Waals surface area contributed by atoms with E-state index in [2.05, 4.69) is 32.0 Å². The molecule has 0 N–H and O–H groups in total. The average molecular weight is 336 g/mol. The number of aryl methyl sites for hydroxylation is 1. The average Bonchev–Trinajstić information content (AvgIpc) is 2.75. The summed E-state index contributed by atoms with van der Waals surface area (Å²) in [6.45, 7) is 5.97. The van der Waals surface area contributed by atoms with E-state index in [9.17, 15) is 5.26 Å². The summed E-state index contributed by atoms with van der Waals surface area (Å²) in [4.78, 5) is 10.1. The van der Waals surface area contributed by atoms with Crippen LogP contribution >= 0.6 is 27.3 Å². The lowest BCUT2D eigenvalue weighted by Crippen LogP contribution is -2.10. The molecule has 19 heavy (non-hydrogen) atoms. The normalized spacial score (nSPS) is 12.4. The van der Waals surface area contributed by atoms with E-state index in [1.54, 1.807) is 11.3 Å². The molecule has 1 unspecified atom stereocenters. The summed E-state index contributed by atoms with van der Waals surface area (Å²) in [5, 5.41) is 11.3. The van der Waals surface area contributed by atoms with Crippen LogP contribution in [0.25, 0.3) is 10.6 Å². The van der Waals surface area contributed by atoms with E-state index < -0.39 is 0 Å². The van der Waals surface area contributed by atoms with Gasteiger partial charge in [0.25, 0.3) is 0 Å². The van der Waals surface area contributed by atoms with Crippen molar-refractivity contribution in [3.63, 3.8) is 0 Å². The van der Waals surface area contributed by atoms with Crippen molar-refractivity contribution in [2.45, 2.75) is 26.7 Å². The fourth-order valence-corrected chi connectivity index (χ4v) is 3.20. The molecule has 0 aliphatic rings. The van der Waals surface area contributed by atoms with Crippen LogP contribution in [0.5, 0.6) is 0 Å². The van der Waals surface area contributed by atoms with E-state index in [4.69, 9.17) is 0 Å². The molecule has 0 amide bonds. The standard InChI is InChI=1S/C14H14BrN3S/c1-8(2)11(6-16)14-17-9(3)4-12(18-14)13-5-10(15)7-19-13/h4-5,7-8,11H,1-3H3. The molecule has 5 heteroatoms. The van der Waals surface area contributed by atoms with Gasteiger partial charge in [-0.1, -0.05) is 13.8 Å². The van der Waals surface area contributed by atoms with Crippen molar-refractivity contribution in [3.8, 4) is 16.6 Å². The van der Waals surface area contributed by atoms with Crippen LogP contribution < -0.4 is 0 Å². The molecule has 2 rings (SSSR count). The van der Waals surface area contributed by atoms with Gasteiger partial charge in [0.15, 0.2) is 0 Å². The fourth-order valence-electron chi connectivity index (χ4n) is 1.81. The van der Waals surface area contributed by atoms with Crippen LogP contribution in [0.15, 0.2) is 22.0 Å². The summed E-state index contributed by atoms with van der Waals surface area (Å²) >= 11 is 5.07. The Morgan fingerprint density at radius 2 is 2.05 bits per heavy atom. The predicted molar refractivity (Wildman–Crippen MR) is 81.0 cm³/mol. The molecule has 0 aromatic carbocycles. The summed E-state index contributed by atoms with van der Waals surface area (Å²) in [7, 11) is 0. The van der Waals surface area contributed by atoms with Gasteiger partial charge in [-0.3, -0.25) is 0 Å². The third-order valence-electron chi connectivity index (χ3n) is 2.78. The van der Waals surface area contributed by atoms with Crippen LogP contribution in [0.4, 0.5) is 0 Å². The Kier molecular flexibility index (Phi) is 4.33. The first kappa shape index (κ1) is 14.2. The smallest absolute Gasteiger partial charge is 0.146 e. The molecular weight excluding hydrogens is 322 g/mol. The number of hydrogen-bond donors (Lipinski definition) is 0. The van der Waals surface area contributed by atoms with E-state index in [0.29, 0.717) is 5.82 Å². The van der Waals surface area contributed by atoms with Crippen LogP contribution in [0.1, 0.15) is 31.3 Å². The summed E-state index contributed by atoms with van der Waals surface area (Å²) in [5.41, 5.74) is 1.78. The van der Waals surface area contributed by atoms with Crippen LogP contribution in [-0.2, 0) is 0 Å². The summed E-state index contributed by atoms with van der Waals surface area (Å²) in [6, 6.07) is 6.29. The lowest BCUT2D eigenvalue weighted by Gasteiger charge is -2.12. The molecule has 2 heterocycles. The molecule has 0 saturated carbocycles. The lowest BCUT2D eigenvalue weighted by molar-refractivity contribution is 0.560. The van der Waals surface area contributed by atoms with Gasteiger partial charge in [-0.05, 0) is 40.9 Å². The molecule has 0 radical (unpaired) electrons. The quantitative estimate of drug-likeness (QED) is 0.827. The van der Waals surface area contributed by atoms with Gasteiger partial charge in [-0.15, -0.1) is 11.3 Å². The van der Waals surface area contributed by atoms with Gasteiger partial charge in [0.05, 0.1) is 16.6 Å². The Labute approximate surface area is 125 Å². The number of halogens is 1. The molecule has 0 fully saturated rings. The van der Waals surface area contributed by atoms with E-state index >= 15 is 0 Å². The third-order valence-corrected chi connectivity index (χ3v) is 4.49. The second kappa shape index (κ2) is 5.81. The molecule has 0 bridgehead atoms. The summed E-state index contributed by atoms with van der Waals surface area (Å²) < 4.78 is 1.05. The van der Waals surface area contributed by atoms with Crippen molar-refractivity contribution in [3.05, 3.63) is 33.5 Å². The predicted octanol–water partition coefficient (Wildman–Crippen LogP) is 4.54. The topological polar surface area (TPSA) is 49.6 Å².